The van der Waals surface area contributed by atoms with E-state index >= 15 is 0 Å². The van der Waals surface area contributed by atoms with Gasteiger partial charge in [-0.1, -0.05) is 84.0 Å². The van der Waals surface area contributed by atoms with Gasteiger partial charge in [0, 0.05) is 0 Å². The van der Waals surface area contributed by atoms with Gasteiger partial charge in [-0.15, -0.1) is 0 Å². The minimum Gasteiger partial charge on any atom is -0.387 e. The second-order valence-corrected chi connectivity index (χ2v) is 9.10. The molecule has 4 atom stereocenters. The Hall–Kier alpha value is -0.210. The molecule has 0 spiro atoms. The zero-order chi connectivity index (χ0) is 19.4. The molecule has 156 valence electrons. The molecule has 1 aliphatic rings. The van der Waals surface area contributed by atoms with Gasteiger partial charge in [0.25, 0.3) is 10.1 Å². The standard InChI is InChI=1S/C19H38O6S/c1-3-4-5-6-7-8-9-10-11-12-13-14-15-16-17(20)18(19(21)24-16)25-26(2,22)23/h16-21H,3-15H2,1-2H3/t16-,17+,18+,19?/m0/s1. The van der Waals surface area contributed by atoms with Crippen molar-refractivity contribution in [2.75, 3.05) is 6.26 Å². The lowest BCUT2D eigenvalue weighted by Crippen LogP contribution is -2.36. The Labute approximate surface area is 159 Å². The molecule has 0 bridgehead atoms. The van der Waals surface area contributed by atoms with Gasteiger partial charge in [-0.2, -0.15) is 8.42 Å². The highest BCUT2D eigenvalue weighted by Gasteiger charge is 2.45. The summed E-state index contributed by atoms with van der Waals surface area (Å²) in [5.74, 6) is 0. The first kappa shape index (κ1) is 23.8. The quantitative estimate of drug-likeness (QED) is 0.326. The third-order valence-corrected chi connectivity index (χ3v) is 5.51. The van der Waals surface area contributed by atoms with Crippen molar-refractivity contribution in [1.82, 2.24) is 0 Å². The van der Waals surface area contributed by atoms with Crippen LogP contribution in [-0.2, 0) is 19.0 Å². The zero-order valence-electron chi connectivity index (χ0n) is 16.4. The molecule has 0 aromatic rings. The molecule has 1 fully saturated rings. The van der Waals surface area contributed by atoms with E-state index in [2.05, 4.69) is 6.92 Å². The molecule has 0 aromatic carbocycles. The number of aliphatic hydroxyl groups is 2. The molecule has 6 nitrogen and oxygen atoms in total. The minimum atomic E-state index is -3.74. The topological polar surface area (TPSA) is 93.1 Å². The molecule has 26 heavy (non-hydrogen) atoms. The SMILES string of the molecule is CCCCCCCCCCCCCC[C@@H]1OC(O)[C@H](OS(C)(=O)=O)[C@@H]1O. The van der Waals surface area contributed by atoms with E-state index in [0.717, 1.165) is 25.5 Å². The number of aliphatic hydroxyl groups excluding tert-OH is 2. The second kappa shape index (κ2) is 13.0. The maximum Gasteiger partial charge on any atom is 0.264 e. The maximum atomic E-state index is 11.2. The first-order chi connectivity index (χ1) is 12.3. The number of hydrogen-bond donors (Lipinski definition) is 2. The van der Waals surface area contributed by atoms with Crippen molar-refractivity contribution >= 4 is 10.1 Å². The summed E-state index contributed by atoms with van der Waals surface area (Å²) in [7, 11) is -3.74. The highest BCUT2D eigenvalue weighted by molar-refractivity contribution is 7.86. The van der Waals surface area contributed by atoms with Crippen LogP contribution in [0.25, 0.3) is 0 Å². The Morgan fingerprint density at radius 2 is 1.31 bits per heavy atom. The highest BCUT2D eigenvalue weighted by Crippen LogP contribution is 2.27. The van der Waals surface area contributed by atoms with Crippen molar-refractivity contribution in [3.05, 3.63) is 0 Å². The Kier molecular flexibility index (Phi) is 12.0. The van der Waals surface area contributed by atoms with E-state index in [4.69, 9.17) is 8.92 Å². The molecule has 1 aliphatic heterocycles. The van der Waals surface area contributed by atoms with E-state index < -0.39 is 34.7 Å². The second-order valence-electron chi connectivity index (χ2n) is 7.50. The van der Waals surface area contributed by atoms with Crippen molar-refractivity contribution in [2.24, 2.45) is 0 Å². The van der Waals surface area contributed by atoms with Gasteiger partial charge >= 0.3 is 0 Å². The van der Waals surface area contributed by atoms with Crippen molar-refractivity contribution in [3.8, 4) is 0 Å². The molecule has 1 saturated heterocycles. The number of unbranched alkanes of at least 4 members (excludes halogenated alkanes) is 11. The summed E-state index contributed by atoms with van der Waals surface area (Å²) < 4.78 is 32.3. The van der Waals surface area contributed by atoms with Crippen LogP contribution in [-0.4, -0.2) is 49.5 Å². The van der Waals surface area contributed by atoms with Gasteiger partial charge in [-0.05, 0) is 6.42 Å². The monoisotopic (exact) mass is 394 g/mol. The third kappa shape index (κ3) is 10.2. The van der Waals surface area contributed by atoms with Crippen molar-refractivity contribution in [3.63, 3.8) is 0 Å². The fourth-order valence-corrected chi connectivity index (χ4v) is 4.06. The van der Waals surface area contributed by atoms with Crippen molar-refractivity contribution in [2.45, 2.75) is 115 Å². The van der Waals surface area contributed by atoms with E-state index in [9.17, 15) is 18.6 Å². The van der Waals surface area contributed by atoms with Gasteiger partial charge in [0.15, 0.2) is 12.4 Å². The molecular formula is C19H38O6S. The summed E-state index contributed by atoms with van der Waals surface area (Å²) in [5, 5.41) is 19.8. The highest BCUT2D eigenvalue weighted by atomic mass is 32.2. The number of hydrogen-bond acceptors (Lipinski definition) is 6. The lowest BCUT2D eigenvalue weighted by molar-refractivity contribution is -0.121. The molecule has 1 rings (SSSR count). The predicted molar refractivity (Wildman–Crippen MR) is 102 cm³/mol. The summed E-state index contributed by atoms with van der Waals surface area (Å²) in [5.41, 5.74) is 0. The van der Waals surface area contributed by atoms with E-state index in [0.29, 0.717) is 6.42 Å². The molecular weight excluding hydrogens is 356 g/mol. The Balaban J connectivity index is 2.01. The van der Waals surface area contributed by atoms with E-state index in [1.165, 1.54) is 57.8 Å². The van der Waals surface area contributed by atoms with E-state index in [1.807, 2.05) is 0 Å². The van der Waals surface area contributed by atoms with Crippen LogP contribution in [0.15, 0.2) is 0 Å². The Morgan fingerprint density at radius 1 is 0.846 bits per heavy atom. The summed E-state index contributed by atoms with van der Waals surface area (Å²) in [4.78, 5) is 0. The van der Waals surface area contributed by atoms with Gasteiger partial charge in [0.1, 0.15) is 6.10 Å². The van der Waals surface area contributed by atoms with E-state index in [-0.39, 0.29) is 0 Å². The molecule has 1 unspecified atom stereocenters. The molecule has 0 aromatic heterocycles. The van der Waals surface area contributed by atoms with Gasteiger partial charge in [0.05, 0.1) is 12.4 Å². The molecule has 1 heterocycles. The van der Waals surface area contributed by atoms with Crippen molar-refractivity contribution in [1.29, 1.82) is 0 Å². The molecule has 0 radical (unpaired) electrons. The van der Waals surface area contributed by atoms with Crippen LogP contribution >= 0.6 is 0 Å². The average Bonchev–Trinajstić information content (AvgIpc) is 2.82. The van der Waals surface area contributed by atoms with Gasteiger partial charge in [-0.3, -0.25) is 4.18 Å². The fourth-order valence-electron chi connectivity index (χ4n) is 3.45. The van der Waals surface area contributed by atoms with Gasteiger partial charge in [0.2, 0.25) is 0 Å². The number of ether oxygens (including phenoxy) is 1. The van der Waals surface area contributed by atoms with Crippen molar-refractivity contribution < 1.29 is 27.6 Å². The van der Waals surface area contributed by atoms with Crippen LogP contribution in [0.1, 0.15) is 90.4 Å². The average molecular weight is 395 g/mol. The Morgan fingerprint density at radius 3 is 1.77 bits per heavy atom. The summed E-state index contributed by atoms with van der Waals surface area (Å²) in [6, 6.07) is 0. The van der Waals surface area contributed by atoms with Crippen LogP contribution in [0.3, 0.4) is 0 Å². The summed E-state index contributed by atoms with van der Waals surface area (Å²) in [6.07, 6.45) is 12.2. The van der Waals surface area contributed by atoms with Crippen LogP contribution in [0, 0.1) is 0 Å². The zero-order valence-corrected chi connectivity index (χ0v) is 17.3. The van der Waals surface area contributed by atoms with Crippen LogP contribution < -0.4 is 0 Å². The Bertz CT molecular complexity index is 453. The third-order valence-electron chi connectivity index (χ3n) is 4.94. The lowest BCUT2D eigenvalue weighted by atomic mass is 10.0. The normalized spacial score (nSPS) is 26.5. The predicted octanol–water partition coefficient (Wildman–Crippen LogP) is 3.50. The lowest BCUT2D eigenvalue weighted by Gasteiger charge is -2.16. The van der Waals surface area contributed by atoms with Crippen LogP contribution in [0.5, 0.6) is 0 Å². The molecule has 0 aliphatic carbocycles. The molecule has 0 saturated carbocycles. The first-order valence-electron chi connectivity index (χ1n) is 10.2. The molecule has 7 heteroatoms. The molecule has 0 amide bonds. The summed E-state index contributed by atoms with van der Waals surface area (Å²) in [6.45, 7) is 2.24. The largest absolute Gasteiger partial charge is 0.387 e. The minimum absolute atomic E-state index is 0.570. The van der Waals surface area contributed by atoms with E-state index in [1.54, 1.807) is 0 Å². The summed E-state index contributed by atoms with van der Waals surface area (Å²) >= 11 is 0. The molecule has 2 N–H and O–H groups in total. The smallest absolute Gasteiger partial charge is 0.264 e. The maximum absolute atomic E-state index is 11.2. The van der Waals surface area contributed by atoms with Crippen LogP contribution in [0.2, 0.25) is 0 Å². The first-order valence-corrected chi connectivity index (χ1v) is 12.1. The van der Waals surface area contributed by atoms with Gasteiger partial charge in [-0.25, -0.2) is 0 Å². The van der Waals surface area contributed by atoms with Gasteiger partial charge < -0.3 is 14.9 Å². The van der Waals surface area contributed by atoms with Crippen LogP contribution in [0.4, 0.5) is 0 Å². The number of rotatable bonds is 15. The fraction of sp³-hybridized carbons (Fsp3) is 1.00.